The van der Waals surface area contributed by atoms with Gasteiger partial charge in [-0.2, -0.15) is 13.2 Å². The number of halogens is 5. The number of methoxy groups -OCH3 is 1. The van der Waals surface area contributed by atoms with E-state index in [1.807, 2.05) is 18.2 Å². The molecule has 13 heteroatoms. The molecule has 5 rings (SSSR count). The zero-order valence-electron chi connectivity index (χ0n) is 23.2. The highest BCUT2D eigenvalue weighted by molar-refractivity contribution is 7.07. The Labute approximate surface area is 263 Å². The number of allylic oxidation sites excluding steroid dienone is 1. The van der Waals surface area contributed by atoms with Crippen molar-refractivity contribution in [1.82, 2.24) is 4.57 Å². The maximum Gasteiger partial charge on any atom is 0.434 e. The van der Waals surface area contributed by atoms with E-state index in [2.05, 4.69) is 4.99 Å². The smallest absolute Gasteiger partial charge is 0.434 e. The number of rotatable bonds is 8. The van der Waals surface area contributed by atoms with Gasteiger partial charge >= 0.3 is 12.1 Å². The van der Waals surface area contributed by atoms with Crippen molar-refractivity contribution < 1.29 is 32.2 Å². The average molecular weight is 664 g/mol. The molecular weight excluding hydrogens is 640 g/mol. The SMILES string of the molecule is CCOC(=O)C1=C(C(F)(F)F)N=c2s/c(=C\c3ccc(OCc4ccccc4Cl)c(OC)c3)c(=O)n2[C@@H]1c1ccc(Cl)cc1. The van der Waals surface area contributed by atoms with Crippen LogP contribution in [0, 0.1) is 0 Å². The van der Waals surface area contributed by atoms with Crippen LogP contribution in [0.2, 0.25) is 10.0 Å². The van der Waals surface area contributed by atoms with Crippen LogP contribution in [0.15, 0.2) is 87.8 Å². The van der Waals surface area contributed by atoms with Gasteiger partial charge < -0.3 is 14.2 Å². The van der Waals surface area contributed by atoms with E-state index in [0.29, 0.717) is 27.1 Å². The lowest BCUT2D eigenvalue weighted by Gasteiger charge is -2.26. The van der Waals surface area contributed by atoms with Crippen LogP contribution in [-0.4, -0.2) is 30.4 Å². The molecule has 228 valence electrons. The summed E-state index contributed by atoms with van der Waals surface area (Å²) in [6.45, 7) is 1.48. The second kappa shape index (κ2) is 12.9. The summed E-state index contributed by atoms with van der Waals surface area (Å²) in [5.41, 5.74) is -1.34. The Kier molecular flexibility index (Phi) is 9.19. The van der Waals surface area contributed by atoms with Gasteiger partial charge in [-0.05, 0) is 54.5 Å². The monoisotopic (exact) mass is 662 g/mol. The van der Waals surface area contributed by atoms with Crippen LogP contribution in [0.5, 0.6) is 11.5 Å². The second-order valence-electron chi connectivity index (χ2n) is 9.41. The molecule has 7 nitrogen and oxygen atoms in total. The first-order chi connectivity index (χ1) is 21.0. The molecule has 0 aliphatic carbocycles. The minimum Gasteiger partial charge on any atom is -0.493 e. The number of fused-ring (bicyclic) bond motifs is 1. The Balaban J connectivity index is 1.61. The molecule has 0 amide bonds. The number of ether oxygens (including phenoxy) is 3. The number of alkyl halides is 3. The van der Waals surface area contributed by atoms with Crippen LogP contribution in [0.3, 0.4) is 0 Å². The summed E-state index contributed by atoms with van der Waals surface area (Å²) in [4.78, 5) is 30.3. The summed E-state index contributed by atoms with van der Waals surface area (Å²) in [5, 5.41) is 0.877. The van der Waals surface area contributed by atoms with Gasteiger partial charge in [-0.1, -0.05) is 70.9 Å². The van der Waals surface area contributed by atoms with Crippen LogP contribution < -0.4 is 24.4 Å². The van der Waals surface area contributed by atoms with Crippen molar-refractivity contribution in [2.75, 3.05) is 13.7 Å². The van der Waals surface area contributed by atoms with Crippen molar-refractivity contribution >= 4 is 46.6 Å². The average Bonchev–Trinajstić information content (AvgIpc) is 3.30. The van der Waals surface area contributed by atoms with E-state index < -0.39 is 35.0 Å². The normalized spacial score (nSPS) is 15.1. The van der Waals surface area contributed by atoms with Gasteiger partial charge in [-0.25, -0.2) is 9.79 Å². The lowest BCUT2D eigenvalue weighted by Crippen LogP contribution is -2.41. The second-order valence-corrected chi connectivity index (χ2v) is 11.3. The highest BCUT2D eigenvalue weighted by atomic mass is 35.5. The number of aromatic nitrogens is 1. The van der Waals surface area contributed by atoms with E-state index in [4.69, 9.17) is 37.4 Å². The Morgan fingerprint density at radius 1 is 1.07 bits per heavy atom. The third-order valence-electron chi connectivity index (χ3n) is 6.61. The van der Waals surface area contributed by atoms with Gasteiger partial charge in [0, 0.05) is 15.6 Å². The van der Waals surface area contributed by atoms with Crippen LogP contribution >= 0.6 is 34.5 Å². The van der Waals surface area contributed by atoms with Crippen molar-refractivity contribution in [2.24, 2.45) is 4.99 Å². The van der Waals surface area contributed by atoms with Gasteiger partial charge in [0.25, 0.3) is 5.56 Å². The summed E-state index contributed by atoms with van der Waals surface area (Å²) >= 11 is 13.0. The summed E-state index contributed by atoms with van der Waals surface area (Å²) in [6.07, 6.45) is -3.50. The fraction of sp³-hybridized carbons (Fsp3) is 0.194. The van der Waals surface area contributed by atoms with E-state index >= 15 is 0 Å². The first-order valence-electron chi connectivity index (χ1n) is 13.1. The first kappa shape index (κ1) is 31.4. The standard InChI is InChI=1S/C31H23Cl2F3N2O5S/c1-3-42-29(40)25-26(18-9-11-20(32)12-10-18)38-28(39)24(44-30(38)37-27(25)31(34,35)36)15-17-8-13-22(23(14-17)41-2)43-16-19-6-4-5-7-21(19)33/h4-15,26H,3,16H2,1-2H3/b24-15-/t26-/m1/s1. The zero-order chi connectivity index (χ0) is 31.6. The van der Waals surface area contributed by atoms with Crippen LogP contribution in [0.4, 0.5) is 13.2 Å². The number of carbonyl (C=O) groups excluding carboxylic acids is 1. The molecule has 0 unspecified atom stereocenters. The first-order valence-corrected chi connectivity index (χ1v) is 14.7. The molecule has 44 heavy (non-hydrogen) atoms. The van der Waals surface area contributed by atoms with E-state index in [-0.39, 0.29) is 28.1 Å². The fourth-order valence-corrected chi connectivity index (χ4v) is 5.93. The van der Waals surface area contributed by atoms with Crippen LogP contribution in [0.1, 0.15) is 29.7 Å². The Hall–Kier alpha value is -4.06. The lowest BCUT2D eigenvalue weighted by atomic mass is 9.95. The molecule has 3 aromatic carbocycles. The third-order valence-corrected chi connectivity index (χ3v) is 8.21. The van der Waals surface area contributed by atoms with Crippen molar-refractivity contribution in [1.29, 1.82) is 0 Å². The molecule has 2 heterocycles. The number of benzene rings is 3. The summed E-state index contributed by atoms with van der Waals surface area (Å²) in [6, 6.07) is 16.5. The number of esters is 1. The van der Waals surface area contributed by atoms with E-state index in [1.54, 1.807) is 24.3 Å². The summed E-state index contributed by atoms with van der Waals surface area (Å²) in [7, 11) is 1.46. The van der Waals surface area contributed by atoms with Gasteiger partial charge in [0.15, 0.2) is 22.0 Å². The van der Waals surface area contributed by atoms with Crippen molar-refractivity contribution in [3.8, 4) is 11.5 Å². The maximum atomic E-state index is 14.3. The lowest BCUT2D eigenvalue weighted by molar-refractivity contribution is -0.140. The topological polar surface area (TPSA) is 79.1 Å². The predicted molar refractivity (Wildman–Crippen MR) is 161 cm³/mol. The molecular formula is C31H23Cl2F3N2O5S. The van der Waals surface area contributed by atoms with Crippen LogP contribution in [0.25, 0.3) is 6.08 Å². The van der Waals surface area contributed by atoms with Gasteiger partial charge in [-0.15, -0.1) is 0 Å². The minimum absolute atomic E-state index is 0.0844. The highest BCUT2D eigenvalue weighted by Gasteiger charge is 2.45. The molecule has 0 N–H and O–H groups in total. The molecule has 0 fully saturated rings. The number of carbonyl (C=O) groups is 1. The molecule has 1 aliphatic heterocycles. The molecule has 0 radical (unpaired) electrons. The van der Waals surface area contributed by atoms with Crippen molar-refractivity contribution in [3.63, 3.8) is 0 Å². The molecule has 1 aromatic heterocycles. The molecule has 0 saturated heterocycles. The molecule has 1 atom stereocenters. The van der Waals surface area contributed by atoms with E-state index in [0.717, 1.165) is 21.5 Å². The summed E-state index contributed by atoms with van der Waals surface area (Å²) < 4.78 is 60.4. The van der Waals surface area contributed by atoms with Gasteiger partial charge in [0.1, 0.15) is 6.61 Å². The number of hydrogen-bond acceptors (Lipinski definition) is 7. The number of thiazole rings is 1. The molecule has 0 bridgehead atoms. The quantitative estimate of drug-likeness (QED) is 0.209. The number of nitrogens with zero attached hydrogens (tertiary/aromatic N) is 2. The third kappa shape index (κ3) is 6.40. The maximum absolute atomic E-state index is 14.3. The van der Waals surface area contributed by atoms with Crippen LogP contribution in [-0.2, 0) is 16.1 Å². The fourth-order valence-electron chi connectivity index (χ4n) is 4.62. The minimum atomic E-state index is -5.00. The van der Waals surface area contributed by atoms with Gasteiger partial charge in [0.05, 0.1) is 29.9 Å². The van der Waals surface area contributed by atoms with E-state index in [9.17, 15) is 22.8 Å². The largest absolute Gasteiger partial charge is 0.493 e. The predicted octanol–water partition coefficient (Wildman–Crippen LogP) is 6.24. The molecule has 0 saturated carbocycles. The van der Waals surface area contributed by atoms with Crippen molar-refractivity contribution in [3.05, 3.63) is 124 Å². The number of hydrogen-bond donors (Lipinski definition) is 0. The Bertz CT molecular complexity index is 1940. The molecule has 4 aromatic rings. The summed E-state index contributed by atoms with van der Waals surface area (Å²) in [5.74, 6) is -0.445. The van der Waals surface area contributed by atoms with Gasteiger partial charge in [-0.3, -0.25) is 9.36 Å². The van der Waals surface area contributed by atoms with Gasteiger partial charge in [0.2, 0.25) is 0 Å². The van der Waals surface area contributed by atoms with Crippen molar-refractivity contribution in [2.45, 2.75) is 25.7 Å². The zero-order valence-corrected chi connectivity index (χ0v) is 25.5. The Morgan fingerprint density at radius 2 is 1.80 bits per heavy atom. The highest BCUT2D eigenvalue weighted by Crippen LogP contribution is 2.38. The molecule has 1 aliphatic rings. The molecule has 0 spiro atoms. The van der Waals surface area contributed by atoms with E-state index in [1.165, 1.54) is 44.4 Å². The Morgan fingerprint density at radius 3 is 2.45 bits per heavy atom.